The predicted octanol–water partition coefficient (Wildman–Crippen LogP) is -0.341. The summed E-state index contributed by atoms with van der Waals surface area (Å²) in [5.41, 5.74) is 0. The lowest BCUT2D eigenvalue weighted by Gasteiger charge is -2.30. The molecule has 2 heterocycles. The molecule has 2 aliphatic rings. The van der Waals surface area contributed by atoms with Crippen LogP contribution >= 0.6 is 0 Å². The third-order valence-electron chi connectivity index (χ3n) is 3.27. The minimum Gasteiger partial charge on any atom is -0.374 e. The van der Waals surface area contributed by atoms with Crippen molar-refractivity contribution < 1.29 is 4.74 Å². The number of likely N-dealkylation sites (N-methyl/N-ethyl adjacent to an activating group) is 1. The van der Waals surface area contributed by atoms with Crippen LogP contribution in [0.3, 0.4) is 0 Å². The molecule has 2 rings (SSSR count). The fourth-order valence-corrected chi connectivity index (χ4v) is 2.34. The summed E-state index contributed by atoms with van der Waals surface area (Å²) in [6.45, 7) is 6.28. The predicted molar refractivity (Wildman–Crippen MR) is 61.1 cm³/mol. The first-order valence-electron chi connectivity index (χ1n) is 6.09. The molecule has 2 fully saturated rings. The molecule has 0 aromatic carbocycles. The van der Waals surface area contributed by atoms with Crippen molar-refractivity contribution in [3.8, 4) is 0 Å². The summed E-state index contributed by atoms with van der Waals surface area (Å²) in [5, 5.41) is 6.99. The van der Waals surface area contributed by atoms with E-state index in [9.17, 15) is 0 Å². The van der Waals surface area contributed by atoms with Gasteiger partial charge in [-0.05, 0) is 26.4 Å². The van der Waals surface area contributed by atoms with Crippen molar-refractivity contribution in [1.29, 1.82) is 0 Å². The maximum Gasteiger partial charge on any atom is 0.0826 e. The highest BCUT2D eigenvalue weighted by Gasteiger charge is 2.18. The van der Waals surface area contributed by atoms with E-state index in [-0.39, 0.29) is 0 Å². The topological polar surface area (TPSA) is 36.5 Å². The first kappa shape index (κ1) is 11.3. The zero-order valence-corrected chi connectivity index (χ0v) is 9.67. The lowest BCUT2D eigenvalue weighted by atomic mass is 10.2. The normalized spacial score (nSPS) is 33.4. The van der Waals surface area contributed by atoms with E-state index in [1.807, 2.05) is 0 Å². The monoisotopic (exact) mass is 213 g/mol. The Bertz CT molecular complexity index is 183. The molecule has 0 radical (unpaired) electrons. The van der Waals surface area contributed by atoms with E-state index < -0.39 is 0 Å². The lowest BCUT2D eigenvalue weighted by molar-refractivity contribution is -0.0181. The number of ether oxygens (including phenoxy) is 1. The molecule has 2 atom stereocenters. The number of morpholine rings is 1. The molecule has 88 valence electrons. The maximum atomic E-state index is 5.69. The van der Waals surface area contributed by atoms with Crippen molar-refractivity contribution in [1.82, 2.24) is 15.5 Å². The average molecular weight is 213 g/mol. The largest absolute Gasteiger partial charge is 0.374 e. The van der Waals surface area contributed by atoms with Gasteiger partial charge < -0.3 is 20.3 Å². The molecule has 15 heavy (non-hydrogen) atoms. The smallest absolute Gasteiger partial charge is 0.0826 e. The van der Waals surface area contributed by atoms with E-state index >= 15 is 0 Å². The summed E-state index contributed by atoms with van der Waals surface area (Å²) >= 11 is 0. The van der Waals surface area contributed by atoms with Crippen molar-refractivity contribution in [2.75, 3.05) is 46.4 Å². The van der Waals surface area contributed by atoms with Crippen molar-refractivity contribution in [2.45, 2.75) is 25.0 Å². The number of hydrogen-bond acceptors (Lipinski definition) is 4. The van der Waals surface area contributed by atoms with Gasteiger partial charge in [0, 0.05) is 32.2 Å². The molecule has 4 heteroatoms. The van der Waals surface area contributed by atoms with Crippen molar-refractivity contribution in [2.24, 2.45) is 0 Å². The molecule has 2 saturated heterocycles. The summed E-state index contributed by atoms with van der Waals surface area (Å²) < 4.78 is 5.69. The minimum atomic E-state index is 0.380. The second kappa shape index (κ2) is 5.80. The van der Waals surface area contributed by atoms with E-state index in [1.165, 1.54) is 19.4 Å². The second-order valence-corrected chi connectivity index (χ2v) is 4.71. The molecule has 2 N–H and O–H groups in total. The van der Waals surface area contributed by atoms with E-state index in [2.05, 4.69) is 22.6 Å². The lowest BCUT2D eigenvalue weighted by Crippen LogP contribution is -2.46. The molecule has 0 amide bonds. The van der Waals surface area contributed by atoms with Gasteiger partial charge in [0.1, 0.15) is 0 Å². The fraction of sp³-hybridized carbons (Fsp3) is 1.00. The highest BCUT2D eigenvalue weighted by atomic mass is 16.5. The Balaban J connectivity index is 1.56. The zero-order chi connectivity index (χ0) is 10.5. The van der Waals surface area contributed by atoms with Crippen LogP contribution in [0.2, 0.25) is 0 Å². The highest BCUT2D eigenvalue weighted by Crippen LogP contribution is 2.04. The maximum absolute atomic E-state index is 5.69. The standard InChI is InChI=1S/C11H23N3O/c1-14-5-6-15-11(9-14)8-12-7-10-3-2-4-13-10/h10-13H,2-9H2,1H3. The third-order valence-corrected chi connectivity index (χ3v) is 3.27. The number of hydrogen-bond donors (Lipinski definition) is 2. The van der Waals surface area contributed by atoms with Gasteiger partial charge in [-0.15, -0.1) is 0 Å². The third kappa shape index (κ3) is 3.72. The van der Waals surface area contributed by atoms with Crippen LogP contribution in [0, 0.1) is 0 Å². The van der Waals surface area contributed by atoms with Crippen LogP contribution in [-0.4, -0.2) is 63.4 Å². The number of nitrogens with zero attached hydrogens (tertiary/aromatic N) is 1. The first-order chi connectivity index (χ1) is 7.34. The van der Waals surface area contributed by atoms with E-state index in [0.29, 0.717) is 12.1 Å². The Morgan fingerprint density at radius 3 is 3.13 bits per heavy atom. The Morgan fingerprint density at radius 1 is 1.47 bits per heavy atom. The Morgan fingerprint density at radius 2 is 2.40 bits per heavy atom. The van der Waals surface area contributed by atoms with Gasteiger partial charge in [0.25, 0.3) is 0 Å². The SMILES string of the molecule is CN1CCOC(CNCC2CCCN2)C1. The van der Waals surface area contributed by atoms with Gasteiger partial charge in [0.15, 0.2) is 0 Å². The molecular formula is C11H23N3O. The minimum absolute atomic E-state index is 0.380. The summed E-state index contributed by atoms with van der Waals surface area (Å²) in [5.74, 6) is 0. The quantitative estimate of drug-likeness (QED) is 0.670. The molecule has 2 aliphatic heterocycles. The molecular weight excluding hydrogens is 190 g/mol. The van der Waals surface area contributed by atoms with Crippen LogP contribution in [0.15, 0.2) is 0 Å². The van der Waals surface area contributed by atoms with Crippen LogP contribution in [0.25, 0.3) is 0 Å². The van der Waals surface area contributed by atoms with Crippen molar-refractivity contribution in [3.05, 3.63) is 0 Å². The molecule has 0 aromatic rings. The van der Waals surface area contributed by atoms with E-state index in [1.54, 1.807) is 0 Å². The van der Waals surface area contributed by atoms with Crippen molar-refractivity contribution in [3.63, 3.8) is 0 Å². The van der Waals surface area contributed by atoms with Crippen LogP contribution in [-0.2, 0) is 4.74 Å². The number of nitrogens with one attached hydrogen (secondary N) is 2. The molecule has 0 aromatic heterocycles. The molecule has 0 saturated carbocycles. The van der Waals surface area contributed by atoms with E-state index in [4.69, 9.17) is 4.74 Å². The molecule has 0 spiro atoms. The first-order valence-corrected chi connectivity index (χ1v) is 6.09. The van der Waals surface area contributed by atoms with Gasteiger partial charge in [-0.3, -0.25) is 0 Å². The Hall–Kier alpha value is -0.160. The highest BCUT2D eigenvalue weighted by molar-refractivity contribution is 4.78. The van der Waals surface area contributed by atoms with Crippen LogP contribution in [0.5, 0.6) is 0 Å². The van der Waals surface area contributed by atoms with Gasteiger partial charge in [-0.2, -0.15) is 0 Å². The van der Waals surface area contributed by atoms with Crippen LogP contribution in [0.1, 0.15) is 12.8 Å². The van der Waals surface area contributed by atoms with Gasteiger partial charge in [-0.1, -0.05) is 0 Å². The second-order valence-electron chi connectivity index (χ2n) is 4.71. The molecule has 2 unspecified atom stereocenters. The van der Waals surface area contributed by atoms with Crippen LogP contribution in [0.4, 0.5) is 0 Å². The number of rotatable bonds is 4. The van der Waals surface area contributed by atoms with Gasteiger partial charge >= 0.3 is 0 Å². The average Bonchev–Trinajstić information content (AvgIpc) is 2.71. The molecule has 4 nitrogen and oxygen atoms in total. The Labute approximate surface area is 92.4 Å². The van der Waals surface area contributed by atoms with Crippen molar-refractivity contribution >= 4 is 0 Å². The summed E-state index contributed by atoms with van der Waals surface area (Å²) in [7, 11) is 2.16. The zero-order valence-electron chi connectivity index (χ0n) is 9.67. The molecule has 0 bridgehead atoms. The van der Waals surface area contributed by atoms with Crippen LogP contribution < -0.4 is 10.6 Å². The van der Waals surface area contributed by atoms with Gasteiger partial charge in [0.2, 0.25) is 0 Å². The summed E-state index contributed by atoms with van der Waals surface area (Å²) in [6, 6.07) is 0.686. The van der Waals surface area contributed by atoms with Gasteiger partial charge in [-0.25, -0.2) is 0 Å². The Kier molecular flexibility index (Phi) is 4.38. The van der Waals surface area contributed by atoms with E-state index in [0.717, 1.165) is 32.8 Å². The fourth-order valence-electron chi connectivity index (χ4n) is 2.34. The van der Waals surface area contributed by atoms with Gasteiger partial charge in [0.05, 0.1) is 12.7 Å². The molecule has 0 aliphatic carbocycles. The summed E-state index contributed by atoms with van der Waals surface area (Å²) in [4.78, 5) is 2.34. The summed E-state index contributed by atoms with van der Waals surface area (Å²) in [6.07, 6.45) is 3.03.